The molecule has 1 saturated heterocycles. The number of hydrogen-bond donors (Lipinski definition) is 6. The molecule has 17 nitrogen and oxygen atoms in total. The lowest BCUT2D eigenvalue weighted by molar-refractivity contribution is -0.138. The van der Waals surface area contributed by atoms with E-state index in [1.165, 1.54) is 6.07 Å². The first-order chi connectivity index (χ1) is 25.3. The maximum absolute atomic E-state index is 13.1. The first kappa shape index (κ1) is 40.2. The molecule has 5 rings (SSSR count). The third kappa shape index (κ3) is 9.55. The maximum atomic E-state index is 13.1. The third-order valence-corrected chi connectivity index (χ3v) is 10.9. The molecule has 54 heavy (non-hydrogen) atoms. The third-order valence-electron chi connectivity index (χ3n) is 9.13. The highest BCUT2D eigenvalue weighted by atomic mass is 32.2. The second kappa shape index (κ2) is 16.1. The standard InChI is InChI=1S/C35H41N7O10S2/c1-21-16-23(4-7-26(21)37-31(43)19-41-12-10-40(3)11-13-42(15-14-41)20-32(44)45)24-5-8-27(22(2)17-24)38-39-28-9-6-25-29(53(47,48)49)18-30(54(50,51)52)34(36)33(25)35(28)46/h4-9,16-18,46H,10-15,19-20,36H2,1-3H3,(H,37,43)(H,44,45)(H,47,48,49)(H,50,51,52). The number of benzene rings is 4. The number of aryl methyl sites for hydroxylation is 2. The Morgan fingerprint density at radius 3 is 1.87 bits per heavy atom. The van der Waals surface area contributed by atoms with Gasteiger partial charge < -0.3 is 26.2 Å². The van der Waals surface area contributed by atoms with E-state index in [1.807, 2.05) is 48.0 Å². The number of azo groups is 1. The molecule has 0 bridgehead atoms. The molecular weight excluding hydrogens is 743 g/mol. The minimum Gasteiger partial charge on any atom is -0.505 e. The Bertz CT molecular complexity index is 2370. The van der Waals surface area contributed by atoms with Gasteiger partial charge in [-0.3, -0.25) is 28.5 Å². The van der Waals surface area contributed by atoms with Crippen LogP contribution in [0.15, 0.2) is 74.6 Å². The van der Waals surface area contributed by atoms with E-state index in [4.69, 9.17) is 5.73 Å². The molecule has 1 fully saturated rings. The summed E-state index contributed by atoms with van der Waals surface area (Å²) >= 11 is 0. The van der Waals surface area contributed by atoms with Crippen molar-refractivity contribution < 1.29 is 45.7 Å². The van der Waals surface area contributed by atoms with Crippen molar-refractivity contribution in [3.8, 4) is 16.9 Å². The van der Waals surface area contributed by atoms with Gasteiger partial charge in [0, 0.05) is 50.3 Å². The highest BCUT2D eigenvalue weighted by Gasteiger charge is 2.27. The Hall–Kier alpha value is -5.02. The number of carbonyl (C=O) groups excluding carboxylic acids is 1. The summed E-state index contributed by atoms with van der Waals surface area (Å²) in [7, 11) is -8.08. The number of carboxylic acid groups (broad SMARTS) is 1. The van der Waals surface area contributed by atoms with Crippen molar-refractivity contribution in [3.05, 3.63) is 65.7 Å². The number of carboxylic acids is 1. The van der Waals surface area contributed by atoms with Crippen molar-refractivity contribution in [1.82, 2.24) is 14.7 Å². The number of hydrogen-bond acceptors (Lipinski definition) is 13. The highest BCUT2D eigenvalue weighted by molar-refractivity contribution is 7.87. The summed E-state index contributed by atoms with van der Waals surface area (Å²) in [5.41, 5.74) is 9.37. The van der Waals surface area contributed by atoms with Crippen molar-refractivity contribution in [1.29, 1.82) is 0 Å². The molecule has 7 N–H and O–H groups in total. The van der Waals surface area contributed by atoms with Gasteiger partial charge in [0.15, 0.2) is 5.75 Å². The minimum atomic E-state index is -5.05. The van der Waals surface area contributed by atoms with E-state index in [0.29, 0.717) is 49.2 Å². The van der Waals surface area contributed by atoms with Gasteiger partial charge in [-0.25, -0.2) is 0 Å². The van der Waals surface area contributed by atoms with E-state index in [0.717, 1.165) is 35.8 Å². The predicted octanol–water partition coefficient (Wildman–Crippen LogP) is 3.89. The molecule has 0 unspecified atom stereocenters. The van der Waals surface area contributed by atoms with Crippen molar-refractivity contribution >= 4 is 65.6 Å². The Balaban J connectivity index is 1.31. The van der Waals surface area contributed by atoms with Crippen LogP contribution in [0, 0.1) is 13.8 Å². The zero-order chi connectivity index (χ0) is 39.5. The maximum Gasteiger partial charge on any atom is 0.317 e. The summed E-state index contributed by atoms with van der Waals surface area (Å²) in [6.07, 6.45) is 0. The van der Waals surface area contributed by atoms with Crippen molar-refractivity contribution in [2.24, 2.45) is 10.2 Å². The molecule has 4 aromatic carbocycles. The van der Waals surface area contributed by atoms with Crippen LogP contribution in [0.1, 0.15) is 11.1 Å². The number of nitrogens with zero attached hydrogens (tertiary/aromatic N) is 5. The van der Waals surface area contributed by atoms with Gasteiger partial charge in [0.2, 0.25) is 5.91 Å². The van der Waals surface area contributed by atoms with E-state index in [-0.39, 0.29) is 30.1 Å². The molecule has 0 atom stereocenters. The van der Waals surface area contributed by atoms with Crippen LogP contribution in [0.5, 0.6) is 5.75 Å². The first-order valence-corrected chi connectivity index (χ1v) is 19.5. The fourth-order valence-electron chi connectivity index (χ4n) is 6.14. The lowest BCUT2D eigenvalue weighted by Crippen LogP contribution is -2.41. The number of rotatable bonds is 10. The quantitative estimate of drug-likeness (QED) is 0.0758. The van der Waals surface area contributed by atoms with E-state index in [2.05, 4.69) is 20.4 Å². The van der Waals surface area contributed by atoms with Crippen LogP contribution < -0.4 is 11.1 Å². The summed E-state index contributed by atoms with van der Waals surface area (Å²) < 4.78 is 67.1. The Labute approximate surface area is 312 Å². The van der Waals surface area contributed by atoms with Gasteiger partial charge in [-0.05, 0) is 79.5 Å². The lowest BCUT2D eigenvalue weighted by atomic mass is 10.00. The minimum absolute atomic E-state index is 0.0487. The SMILES string of the molecule is Cc1cc(-c2ccc(NC(=O)CN3CCN(C)CCN(CC(=O)O)CC3)c(C)c2)ccc1N=Nc1ccc2c(S(=O)(=O)O)cc(S(=O)(=O)O)c(N)c2c1O. The summed E-state index contributed by atoms with van der Waals surface area (Å²) in [4.78, 5) is 28.5. The number of phenols is 1. The Morgan fingerprint density at radius 2 is 1.30 bits per heavy atom. The summed E-state index contributed by atoms with van der Waals surface area (Å²) in [6, 6.07) is 13.9. The van der Waals surface area contributed by atoms with Crippen LogP contribution in [0.2, 0.25) is 0 Å². The molecule has 0 aliphatic carbocycles. The largest absolute Gasteiger partial charge is 0.505 e. The molecule has 19 heteroatoms. The number of nitrogens with one attached hydrogen (secondary N) is 1. The molecule has 4 aromatic rings. The van der Waals surface area contributed by atoms with Crippen molar-refractivity contribution in [2.45, 2.75) is 23.6 Å². The molecule has 0 radical (unpaired) electrons. The number of nitrogens with two attached hydrogens (primary N) is 1. The molecule has 0 spiro atoms. The van der Waals surface area contributed by atoms with Crippen LogP contribution in [0.25, 0.3) is 21.9 Å². The number of carbonyl (C=O) groups is 2. The van der Waals surface area contributed by atoms with Gasteiger partial charge >= 0.3 is 5.97 Å². The Morgan fingerprint density at radius 1 is 0.759 bits per heavy atom. The molecule has 0 saturated carbocycles. The number of anilines is 2. The predicted molar refractivity (Wildman–Crippen MR) is 202 cm³/mol. The average molecular weight is 784 g/mol. The summed E-state index contributed by atoms with van der Waals surface area (Å²) in [6.45, 7) is 7.70. The monoisotopic (exact) mass is 783 g/mol. The second-order valence-electron chi connectivity index (χ2n) is 13.1. The zero-order valence-electron chi connectivity index (χ0n) is 29.7. The number of aliphatic carboxylic acids is 1. The first-order valence-electron chi connectivity index (χ1n) is 16.6. The van der Waals surface area contributed by atoms with E-state index >= 15 is 0 Å². The fourth-order valence-corrected chi connectivity index (χ4v) is 7.58. The lowest BCUT2D eigenvalue weighted by Gasteiger charge is -2.24. The van der Waals surface area contributed by atoms with Crippen LogP contribution in [-0.2, 0) is 29.8 Å². The van der Waals surface area contributed by atoms with Gasteiger partial charge in [0.1, 0.15) is 15.5 Å². The van der Waals surface area contributed by atoms with Gasteiger partial charge in [0.25, 0.3) is 20.2 Å². The number of aromatic hydroxyl groups is 1. The molecule has 1 aliphatic heterocycles. The van der Waals surface area contributed by atoms with Crippen LogP contribution >= 0.6 is 0 Å². The van der Waals surface area contributed by atoms with Crippen LogP contribution in [-0.4, -0.2) is 122 Å². The van der Waals surface area contributed by atoms with Gasteiger partial charge in [-0.1, -0.05) is 18.2 Å². The van der Waals surface area contributed by atoms with Gasteiger partial charge in [0.05, 0.1) is 29.9 Å². The van der Waals surface area contributed by atoms with Crippen LogP contribution in [0.3, 0.4) is 0 Å². The number of phenolic OH excluding ortho intramolecular Hbond substituents is 1. The zero-order valence-corrected chi connectivity index (χ0v) is 31.4. The summed E-state index contributed by atoms with van der Waals surface area (Å²) in [5, 5.41) is 30.7. The number of nitrogen functional groups attached to an aromatic ring is 1. The fraction of sp³-hybridized carbons (Fsp3) is 0.314. The normalized spacial score (nSPS) is 15.6. The smallest absolute Gasteiger partial charge is 0.317 e. The molecule has 1 aliphatic rings. The molecule has 1 heterocycles. The average Bonchev–Trinajstić information content (AvgIpc) is 3.15. The van der Waals surface area contributed by atoms with Gasteiger partial charge in [-0.15, -0.1) is 5.11 Å². The second-order valence-corrected chi connectivity index (χ2v) is 15.9. The summed E-state index contributed by atoms with van der Waals surface area (Å²) in [5.74, 6) is -1.79. The highest BCUT2D eigenvalue weighted by Crippen LogP contribution is 2.44. The number of amides is 1. The Kier molecular flexibility index (Phi) is 12.0. The molecular formula is C35H41N7O10S2. The molecule has 0 aromatic heterocycles. The van der Waals surface area contributed by atoms with Crippen molar-refractivity contribution in [3.63, 3.8) is 0 Å². The van der Waals surface area contributed by atoms with Crippen LogP contribution in [0.4, 0.5) is 22.7 Å². The molecule has 1 amide bonds. The molecule has 288 valence electrons. The van der Waals surface area contributed by atoms with E-state index in [1.54, 1.807) is 19.1 Å². The number of fused-ring (bicyclic) bond motifs is 1. The topological polar surface area (TPSA) is 256 Å². The number of likely N-dealkylation sites (N-methyl/N-ethyl adjacent to an activating group) is 1. The van der Waals surface area contributed by atoms with Gasteiger partial charge in [-0.2, -0.15) is 21.9 Å². The van der Waals surface area contributed by atoms with E-state index < -0.39 is 52.8 Å². The van der Waals surface area contributed by atoms with E-state index in [9.17, 15) is 45.7 Å². The van der Waals surface area contributed by atoms with Crippen molar-refractivity contribution in [2.75, 3.05) is 70.5 Å².